The highest BCUT2D eigenvalue weighted by Gasteiger charge is 2.21. The molecule has 2 N–H and O–H groups in total. The Hall–Kier alpha value is -0.870. The lowest BCUT2D eigenvalue weighted by atomic mass is 9.88. The Morgan fingerprint density at radius 3 is 2.58 bits per heavy atom. The predicted molar refractivity (Wildman–Crippen MR) is 81.3 cm³/mol. The Bertz CT molecular complexity index is 452. The quantitative estimate of drug-likeness (QED) is 0.891. The summed E-state index contributed by atoms with van der Waals surface area (Å²) in [6, 6.07) is 5.42. The Balaban J connectivity index is 2.80. The number of amides is 1. The molecule has 0 spiro atoms. The highest BCUT2D eigenvalue weighted by atomic mass is 79.9. The fourth-order valence-electron chi connectivity index (χ4n) is 1.98. The zero-order chi connectivity index (χ0) is 14.6. The molecule has 1 unspecified atom stereocenters. The number of hydrogen-bond donors (Lipinski definition) is 2. The fourth-order valence-corrected chi connectivity index (χ4v) is 2.40. The van der Waals surface area contributed by atoms with Crippen LogP contribution in [0.15, 0.2) is 22.7 Å². The van der Waals surface area contributed by atoms with Gasteiger partial charge in [-0.25, -0.2) is 0 Å². The topological polar surface area (TPSA) is 49.3 Å². The van der Waals surface area contributed by atoms with Gasteiger partial charge in [-0.15, -0.1) is 0 Å². The number of hydrogen-bond acceptors (Lipinski definition) is 2. The van der Waals surface area contributed by atoms with Gasteiger partial charge in [0, 0.05) is 4.47 Å². The van der Waals surface area contributed by atoms with Gasteiger partial charge in [-0.1, -0.05) is 32.4 Å². The van der Waals surface area contributed by atoms with Crippen LogP contribution in [0.25, 0.3) is 0 Å². The van der Waals surface area contributed by atoms with Crippen molar-refractivity contribution in [1.29, 1.82) is 0 Å². The van der Waals surface area contributed by atoms with Gasteiger partial charge in [-0.2, -0.15) is 0 Å². The van der Waals surface area contributed by atoms with E-state index in [0.29, 0.717) is 5.56 Å². The molecule has 1 rings (SSSR count). The number of halogens is 1. The van der Waals surface area contributed by atoms with Gasteiger partial charge in [0.1, 0.15) is 0 Å². The van der Waals surface area contributed by atoms with Crippen LogP contribution >= 0.6 is 15.9 Å². The number of rotatable bonds is 4. The number of aliphatic hydroxyl groups is 1. The molecule has 0 fully saturated rings. The van der Waals surface area contributed by atoms with Crippen molar-refractivity contribution in [3.63, 3.8) is 0 Å². The van der Waals surface area contributed by atoms with Gasteiger partial charge in [0.25, 0.3) is 5.91 Å². The summed E-state index contributed by atoms with van der Waals surface area (Å²) in [6.07, 6.45) is 0.735. The molecule has 0 saturated carbocycles. The van der Waals surface area contributed by atoms with E-state index in [1.165, 1.54) is 0 Å². The van der Waals surface area contributed by atoms with Crippen LogP contribution in [0, 0.1) is 12.3 Å². The summed E-state index contributed by atoms with van der Waals surface area (Å²) in [4.78, 5) is 12.2. The molecule has 106 valence electrons. The van der Waals surface area contributed by atoms with E-state index in [2.05, 4.69) is 42.0 Å². The standard InChI is InChI=1S/C15H22BrNO2/c1-10-5-6-13(16)12(7-10)14(19)17-11(9-18)8-15(2,3)4/h5-7,11,18H,8-9H2,1-4H3,(H,17,19). The molecule has 0 aromatic heterocycles. The number of carbonyl (C=O) groups excluding carboxylic acids is 1. The van der Waals surface area contributed by atoms with Crippen molar-refractivity contribution in [3.05, 3.63) is 33.8 Å². The van der Waals surface area contributed by atoms with Crippen LogP contribution in [0.2, 0.25) is 0 Å². The molecule has 0 bridgehead atoms. The van der Waals surface area contributed by atoms with E-state index >= 15 is 0 Å². The summed E-state index contributed by atoms with van der Waals surface area (Å²) in [6.45, 7) is 8.16. The third-order valence-electron chi connectivity index (χ3n) is 2.78. The first kappa shape index (κ1) is 16.2. The van der Waals surface area contributed by atoms with Gasteiger partial charge < -0.3 is 10.4 Å². The summed E-state index contributed by atoms with van der Waals surface area (Å²) >= 11 is 3.38. The molecule has 3 nitrogen and oxygen atoms in total. The van der Waals surface area contributed by atoms with Gasteiger partial charge in [-0.3, -0.25) is 4.79 Å². The van der Waals surface area contributed by atoms with Crippen molar-refractivity contribution in [2.75, 3.05) is 6.61 Å². The van der Waals surface area contributed by atoms with Crippen LogP contribution in [0.3, 0.4) is 0 Å². The molecule has 0 radical (unpaired) electrons. The molecular weight excluding hydrogens is 306 g/mol. The Labute approximate surface area is 123 Å². The maximum Gasteiger partial charge on any atom is 0.252 e. The minimum atomic E-state index is -0.222. The maximum atomic E-state index is 12.2. The van der Waals surface area contributed by atoms with E-state index in [1.807, 2.05) is 25.1 Å². The van der Waals surface area contributed by atoms with E-state index in [1.54, 1.807) is 0 Å². The monoisotopic (exact) mass is 327 g/mol. The van der Waals surface area contributed by atoms with Crippen molar-refractivity contribution < 1.29 is 9.90 Å². The third kappa shape index (κ3) is 5.33. The predicted octanol–water partition coefficient (Wildman–Crippen LogP) is 3.28. The van der Waals surface area contributed by atoms with Gasteiger partial charge in [0.2, 0.25) is 0 Å². The SMILES string of the molecule is Cc1ccc(Br)c(C(=O)NC(CO)CC(C)(C)C)c1. The molecule has 0 saturated heterocycles. The van der Waals surface area contributed by atoms with Crippen molar-refractivity contribution in [1.82, 2.24) is 5.32 Å². The Morgan fingerprint density at radius 2 is 2.05 bits per heavy atom. The number of carbonyl (C=O) groups is 1. The maximum absolute atomic E-state index is 12.2. The second kappa shape index (κ2) is 6.53. The number of aryl methyl sites for hydroxylation is 1. The lowest BCUT2D eigenvalue weighted by Crippen LogP contribution is -2.40. The van der Waals surface area contributed by atoms with Crippen molar-refractivity contribution >= 4 is 21.8 Å². The highest BCUT2D eigenvalue weighted by Crippen LogP contribution is 2.22. The van der Waals surface area contributed by atoms with Crippen molar-refractivity contribution in [3.8, 4) is 0 Å². The van der Waals surface area contributed by atoms with Crippen LogP contribution in [-0.2, 0) is 0 Å². The molecule has 0 aliphatic heterocycles. The zero-order valence-corrected chi connectivity index (χ0v) is 13.5. The average Bonchev–Trinajstić information content (AvgIpc) is 2.29. The lowest BCUT2D eigenvalue weighted by Gasteiger charge is -2.25. The summed E-state index contributed by atoms with van der Waals surface area (Å²) in [7, 11) is 0. The van der Waals surface area contributed by atoms with E-state index in [9.17, 15) is 9.90 Å². The highest BCUT2D eigenvalue weighted by molar-refractivity contribution is 9.10. The first-order valence-electron chi connectivity index (χ1n) is 6.41. The average molecular weight is 328 g/mol. The lowest BCUT2D eigenvalue weighted by molar-refractivity contribution is 0.0897. The molecule has 0 aliphatic rings. The van der Waals surface area contributed by atoms with Gasteiger partial charge in [-0.05, 0) is 46.8 Å². The zero-order valence-electron chi connectivity index (χ0n) is 12.0. The Morgan fingerprint density at radius 1 is 1.42 bits per heavy atom. The first-order valence-corrected chi connectivity index (χ1v) is 7.20. The summed E-state index contributed by atoms with van der Waals surface area (Å²) in [5.41, 5.74) is 1.70. The molecule has 0 heterocycles. The normalized spacial score (nSPS) is 13.2. The first-order chi connectivity index (χ1) is 8.73. The third-order valence-corrected chi connectivity index (χ3v) is 3.47. The minimum absolute atomic E-state index is 0.0492. The molecule has 1 atom stereocenters. The van der Waals surface area contributed by atoms with Gasteiger partial charge in [0.05, 0.1) is 18.2 Å². The van der Waals surface area contributed by atoms with E-state index in [4.69, 9.17) is 0 Å². The van der Waals surface area contributed by atoms with Crippen LogP contribution in [0.1, 0.15) is 43.1 Å². The van der Waals surface area contributed by atoms with Gasteiger partial charge >= 0.3 is 0 Å². The summed E-state index contributed by atoms with van der Waals surface area (Å²) < 4.78 is 0.767. The van der Waals surface area contributed by atoms with Crippen LogP contribution < -0.4 is 5.32 Å². The largest absolute Gasteiger partial charge is 0.394 e. The van der Waals surface area contributed by atoms with Crippen molar-refractivity contribution in [2.45, 2.75) is 40.2 Å². The molecule has 1 amide bonds. The van der Waals surface area contributed by atoms with E-state index in [-0.39, 0.29) is 24.0 Å². The minimum Gasteiger partial charge on any atom is -0.394 e. The van der Waals surface area contributed by atoms with Gasteiger partial charge in [0.15, 0.2) is 0 Å². The van der Waals surface area contributed by atoms with E-state index < -0.39 is 0 Å². The van der Waals surface area contributed by atoms with Crippen LogP contribution in [0.4, 0.5) is 0 Å². The number of nitrogens with one attached hydrogen (secondary N) is 1. The second-order valence-electron chi connectivity index (χ2n) is 6.10. The smallest absolute Gasteiger partial charge is 0.252 e. The molecular formula is C15H22BrNO2. The number of aliphatic hydroxyl groups excluding tert-OH is 1. The molecule has 1 aromatic rings. The summed E-state index contributed by atoms with van der Waals surface area (Å²) in [5.74, 6) is -0.154. The fraction of sp³-hybridized carbons (Fsp3) is 0.533. The molecule has 1 aromatic carbocycles. The Kier molecular flexibility index (Phi) is 5.56. The van der Waals surface area contributed by atoms with Crippen molar-refractivity contribution in [2.24, 2.45) is 5.41 Å². The van der Waals surface area contributed by atoms with Crippen LogP contribution in [0.5, 0.6) is 0 Å². The van der Waals surface area contributed by atoms with E-state index in [0.717, 1.165) is 16.5 Å². The summed E-state index contributed by atoms with van der Waals surface area (Å²) in [5, 5.41) is 12.3. The molecule has 4 heteroatoms. The second-order valence-corrected chi connectivity index (χ2v) is 6.96. The molecule has 0 aliphatic carbocycles. The van der Waals surface area contributed by atoms with Crippen LogP contribution in [-0.4, -0.2) is 23.7 Å². The number of benzene rings is 1. The molecule has 19 heavy (non-hydrogen) atoms.